The highest BCUT2D eigenvalue weighted by atomic mass is 79.9. The zero-order chi connectivity index (χ0) is 29.0. The summed E-state index contributed by atoms with van der Waals surface area (Å²) in [5.74, 6) is 0.611. The quantitative estimate of drug-likeness (QED) is 0.472. The summed E-state index contributed by atoms with van der Waals surface area (Å²) in [5, 5.41) is 2.82. The van der Waals surface area contributed by atoms with Crippen LogP contribution in [0, 0.1) is 0 Å². The normalized spacial score (nSPS) is 20.6. The first-order valence-electron chi connectivity index (χ1n) is 13.2. The van der Waals surface area contributed by atoms with Gasteiger partial charge in [-0.25, -0.2) is 4.79 Å². The monoisotopic (exact) mass is 617 g/mol. The summed E-state index contributed by atoms with van der Waals surface area (Å²) < 4.78 is 23.4. The molecule has 2 fully saturated rings. The molecular weight excluding hydrogens is 582 g/mol. The molecule has 4 rings (SSSR count). The number of carbonyl (C=O) groups excluding carboxylic acids is 3. The number of halogens is 1. The number of benzene rings is 2. The molecule has 0 saturated carbocycles. The summed E-state index contributed by atoms with van der Waals surface area (Å²) in [4.78, 5) is 42.7. The number of hydrogen-bond donors (Lipinski definition) is 1. The van der Waals surface area contributed by atoms with Gasteiger partial charge in [0, 0.05) is 23.2 Å². The van der Waals surface area contributed by atoms with Crippen LogP contribution in [0.2, 0.25) is 0 Å². The van der Waals surface area contributed by atoms with Crippen molar-refractivity contribution in [3.63, 3.8) is 0 Å². The van der Waals surface area contributed by atoms with Crippen molar-refractivity contribution in [3.8, 4) is 11.5 Å². The van der Waals surface area contributed by atoms with Crippen LogP contribution >= 0.6 is 15.9 Å². The lowest BCUT2D eigenvalue weighted by Gasteiger charge is -2.40. The number of anilines is 1. The molecule has 10 nitrogen and oxygen atoms in total. The molecule has 1 N–H and O–H groups in total. The first-order chi connectivity index (χ1) is 19.0. The van der Waals surface area contributed by atoms with Crippen molar-refractivity contribution in [2.24, 2.45) is 0 Å². The van der Waals surface area contributed by atoms with Crippen molar-refractivity contribution in [3.05, 3.63) is 52.5 Å². The topological polar surface area (TPSA) is 107 Å². The van der Waals surface area contributed by atoms with Gasteiger partial charge in [0.1, 0.15) is 11.7 Å². The number of methoxy groups -OCH3 is 2. The largest absolute Gasteiger partial charge is 0.493 e. The molecule has 2 saturated heterocycles. The highest BCUT2D eigenvalue weighted by Gasteiger charge is 2.49. The molecule has 3 atom stereocenters. The van der Waals surface area contributed by atoms with Crippen LogP contribution in [-0.4, -0.2) is 85.4 Å². The highest BCUT2D eigenvalue weighted by molar-refractivity contribution is 9.10. The predicted octanol–water partition coefficient (Wildman–Crippen LogP) is 4.25. The number of likely N-dealkylation sites (tertiary alicyclic amines) is 1. The maximum atomic E-state index is 13.7. The second-order valence-corrected chi connectivity index (χ2v) is 11.8. The Hall–Kier alpha value is -3.31. The fraction of sp³-hybridized carbons (Fsp3) is 0.483. The molecule has 0 spiro atoms. The number of fused-ring (bicyclic) bond motifs is 1. The van der Waals surface area contributed by atoms with Crippen molar-refractivity contribution in [2.75, 3.05) is 39.2 Å². The molecule has 2 aromatic rings. The van der Waals surface area contributed by atoms with Gasteiger partial charge in [0.25, 0.3) is 5.91 Å². The minimum Gasteiger partial charge on any atom is -0.493 e. The first kappa shape index (κ1) is 29.7. The van der Waals surface area contributed by atoms with Gasteiger partial charge in [0.05, 0.1) is 39.3 Å². The van der Waals surface area contributed by atoms with E-state index < -0.39 is 23.9 Å². The van der Waals surface area contributed by atoms with E-state index in [1.165, 1.54) is 0 Å². The summed E-state index contributed by atoms with van der Waals surface area (Å²) in [5.41, 5.74) is 0.930. The molecule has 0 aromatic heterocycles. The Bertz CT molecular complexity index is 1230. The van der Waals surface area contributed by atoms with E-state index in [1.54, 1.807) is 36.2 Å². The Morgan fingerprint density at radius 2 is 1.75 bits per heavy atom. The van der Waals surface area contributed by atoms with Gasteiger partial charge < -0.3 is 34.1 Å². The molecule has 0 aliphatic carbocycles. The fourth-order valence-corrected chi connectivity index (χ4v) is 5.16. The molecule has 0 bridgehead atoms. The number of amides is 3. The van der Waals surface area contributed by atoms with Gasteiger partial charge in [-0.05, 0) is 69.2 Å². The molecule has 11 heteroatoms. The molecule has 2 aliphatic rings. The molecule has 3 amide bonds. The summed E-state index contributed by atoms with van der Waals surface area (Å²) in [6.45, 7) is 6.36. The van der Waals surface area contributed by atoms with Crippen molar-refractivity contribution in [1.29, 1.82) is 0 Å². The predicted molar refractivity (Wildman–Crippen MR) is 153 cm³/mol. The SMILES string of the molecule is COc1ccc(CCN2C(=O)C(CC(=O)Nc3ccc(Br)cc3)OC3CN(C(=O)OC(C)(C)C)CC32)cc1OC. The van der Waals surface area contributed by atoms with Gasteiger partial charge in [0.2, 0.25) is 5.91 Å². The van der Waals surface area contributed by atoms with Crippen LogP contribution in [0.4, 0.5) is 10.5 Å². The third-order valence-corrected chi connectivity index (χ3v) is 7.30. The van der Waals surface area contributed by atoms with Crippen molar-refractivity contribution < 1.29 is 33.3 Å². The molecule has 0 radical (unpaired) electrons. The van der Waals surface area contributed by atoms with Crippen molar-refractivity contribution in [2.45, 2.75) is 57.5 Å². The van der Waals surface area contributed by atoms with Crippen LogP contribution in [0.25, 0.3) is 0 Å². The highest BCUT2D eigenvalue weighted by Crippen LogP contribution is 2.31. The summed E-state index contributed by atoms with van der Waals surface area (Å²) >= 11 is 3.38. The van der Waals surface area contributed by atoms with Gasteiger partial charge in [-0.3, -0.25) is 9.59 Å². The van der Waals surface area contributed by atoms with E-state index in [2.05, 4.69) is 21.2 Å². The lowest BCUT2D eigenvalue weighted by atomic mass is 10.0. The number of carbonyl (C=O) groups is 3. The van der Waals surface area contributed by atoms with E-state index in [4.69, 9.17) is 18.9 Å². The summed E-state index contributed by atoms with van der Waals surface area (Å²) in [6.07, 6.45) is -1.47. The Labute approximate surface area is 243 Å². The Balaban J connectivity index is 1.50. The molecule has 216 valence electrons. The van der Waals surface area contributed by atoms with E-state index in [-0.39, 0.29) is 37.4 Å². The Kier molecular flexibility index (Phi) is 9.25. The smallest absolute Gasteiger partial charge is 0.410 e. The second-order valence-electron chi connectivity index (χ2n) is 10.8. The third kappa shape index (κ3) is 7.25. The first-order valence-corrected chi connectivity index (χ1v) is 14.0. The van der Waals surface area contributed by atoms with Crippen LogP contribution in [0.15, 0.2) is 46.9 Å². The maximum absolute atomic E-state index is 13.7. The van der Waals surface area contributed by atoms with Crippen LogP contribution < -0.4 is 14.8 Å². The molecule has 2 aliphatic heterocycles. The number of hydrogen-bond acceptors (Lipinski definition) is 7. The zero-order valence-corrected chi connectivity index (χ0v) is 25.0. The number of ether oxygens (including phenoxy) is 4. The van der Waals surface area contributed by atoms with E-state index in [9.17, 15) is 14.4 Å². The maximum Gasteiger partial charge on any atom is 0.410 e. The summed E-state index contributed by atoms with van der Waals surface area (Å²) in [6, 6.07) is 12.5. The molecule has 3 unspecified atom stereocenters. The van der Waals surface area contributed by atoms with Crippen LogP contribution in [0.1, 0.15) is 32.8 Å². The van der Waals surface area contributed by atoms with E-state index in [0.29, 0.717) is 30.2 Å². The second kappa shape index (κ2) is 12.5. The van der Waals surface area contributed by atoms with Gasteiger partial charge in [0.15, 0.2) is 11.5 Å². The Morgan fingerprint density at radius 3 is 2.40 bits per heavy atom. The minimum atomic E-state index is -0.972. The third-order valence-electron chi connectivity index (χ3n) is 6.77. The molecule has 2 aromatic carbocycles. The lowest BCUT2D eigenvalue weighted by Crippen LogP contribution is -2.59. The minimum absolute atomic E-state index is 0.141. The van der Waals surface area contributed by atoms with E-state index in [1.807, 2.05) is 51.1 Å². The van der Waals surface area contributed by atoms with Gasteiger partial charge in [-0.15, -0.1) is 0 Å². The number of nitrogens with one attached hydrogen (secondary N) is 1. The van der Waals surface area contributed by atoms with Crippen LogP contribution in [0.5, 0.6) is 11.5 Å². The molecule has 2 heterocycles. The van der Waals surface area contributed by atoms with Gasteiger partial charge in [-0.2, -0.15) is 0 Å². The number of morpholine rings is 1. The fourth-order valence-electron chi connectivity index (χ4n) is 4.89. The summed E-state index contributed by atoms with van der Waals surface area (Å²) in [7, 11) is 3.15. The van der Waals surface area contributed by atoms with Crippen molar-refractivity contribution >= 4 is 39.5 Å². The standard InChI is InChI=1S/C29H36BrN3O7/c1-29(2,3)40-28(36)32-16-21-25(17-32)39-24(15-26(34)31-20-9-7-19(30)8-10-20)27(35)33(21)13-12-18-6-11-22(37-4)23(14-18)38-5/h6-11,14,21,24-25H,12-13,15-17H2,1-5H3,(H,31,34). The Morgan fingerprint density at radius 1 is 1.05 bits per heavy atom. The molecular formula is C29H36BrN3O7. The van der Waals surface area contributed by atoms with Gasteiger partial charge in [-0.1, -0.05) is 22.0 Å². The molecule has 40 heavy (non-hydrogen) atoms. The number of nitrogens with zero attached hydrogens (tertiary/aromatic N) is 2. The van der Waals surface area contributed by atoms with Crippen LogP contribution in [0.3, 0.4) is 0 Å². The van der Waals surface area contributed by atoms with E-state index in [0.717, 1.165) is 10.0 Å². The average Bonchev–Trinajstić information content (AvgIpc) is 3.33. The zero-order valence-electron chi connectivity index (χ0n) is 23.4. The van der Waals surface area contributed by atoms with Crippen LogP contribution in [-0.2, 0) is 25.5 Å². The van der Waals surface area contributed by atoms with Gasteiger partial charge >= 0.3 is 6.09 Å². The van der Waals surface area contributed by atoms with E-state index >= 15 is 0 Å². The average molecular weight is 619 g/mol. The number of rotatable bonds is 8. The lowest BCUT2D eigenvalue weighted by molar-refractivity contribution is -0.168. The van der Waals surface area contributed by atoms with Crippen molar-refractivity contribution in [1.82, 2.24) is 9.80 Å².